The van der Waals surface area contributed by atoms with Crippen LogP contribution in [0, 0.1) is 0 Å². The molecule has 1 atom stereocenters. The van der Waals surface area contributed by atoms with E-state index in [1.165, 1.54) is 6.07 Å². The summed E-state index contributed by atoms with van der Waals surface area (Å²) in [6.07, 6.45) is 0.681. The molecule has 1 aromatic carbocycles. The molecular weight excluding hydrogens is 242 g/mol. The van der Waals surface area contributed by atoms with Gasteiger partial charge in [0.05, 0.1) is 18.1 Å². The lowest BCUT2D eigenvalue weighted by molar-refractivity contribution is 0.192. The SMILES string of the molecule is O=S(=O)(NC1CCOC1)c1ccccc1CO. The molecule has 0 aromatic heterocycles. The molecule has 1 aromatic rings. The van der Waals surface area contributed by atoms with Crippen molar-refractivity contribution in [3.63, 3.8) is 0 Å². The minimum absolute atomic E-state index is 0.134. The molecule has 0 bridgehead atoms. The Kier molecular flexibility index (Phi) is 3.78. The van der Waals surface area contributed by atoms with Gasteiger partial charge in [0.2, 0.25) is 10.0 Å². The maximum Gasteiger partial charge on any atom is 0.241 e. The van der Waals surface area contributed by atoms with Gasteiger partial charge in [0.25, 0.3) is 0 Å². The third kappa shape index (κ3) is 2.84. The highest BCUT2D eigenvalue weighted by molar-refractivity contribution is 7.89. The normalized spacial score (nSPS) is 20.6. The zero-order chi connectivity index (χ0) is 12.3. The minimum Gasteiger partial charge on any atom is -0.392 e. The Bertz CT molecular complexity index is 480. The summed E-state index contributed by atoms with van der Waals surface area (Å²) in [4.78, 5) is 0.134. The number of sulfonamides is 1. The Morgan fingerprint density at radius 2 is 2.18 bits per heavy atom. The largest absolute Gasteiger partial charge is 0.392 e. The van der Waals surface area contributed by atoms with Crippen molar-refractivity contribution in [2.45, 2.75) is 24.0 Å². The summed E-state index contributed by atoms with van der Waals surface area (Å²) in [5.74, 6) is 0. The van der Waals surface area contributed by atoms with Crippen LogP contribution in [0.15, 0.2) is 29.2 Å². The van der Waals surface area contributed by atoms with Gasteiger partial charge in [0.1, 0.15) is 0 Å². The predicted octanol–water partition coefficient (Wildman–Crippen LogP) is 0.246. The molecule has 1 heterocycles. The smallest absolute Gasteiger partial charge is 0.241 e. The Morgan fingerprint density at radius 1 is 1.41 bits per heavy atom. The maximum absolute atomic E-state index is 12.1. The molecule has 17 heavy (non-hydrogen) atoms. The van der Waals surface area contributed by atoms with E-state index >= 15 is 0 Å². The lowest BCUT2D eigenvalue weighted by atomic mass is 10.2. The molecule has 6 heteroatoms. The number of hydrogen-bond acceptors (Lipinski definition) is 4. The fourth-order valence-corrected chi connectivity index (χ4v) is 3.29. The number of aliphatic hydroxyl groups excluding tert-OH is 1. The second-order valence-electron chi connectivity index (χ2n) is 3.95. The lowest BCUT2D eigenvalue weighted by Gasteiger charge is -2.13. The van der Waals surface area contributed by atoms with Crippen LogP contribution in [0.2, 0.25) is 0 Å². The number of benzene rings is 1. The molecule has 2 rings (SSSR count). The third-order valence-corrected chi connectivity index (χ3v) is 4.30. The van der Waals surface area contributed by atoms with Gasteiger partial charge in [-0.1, -0.05) is 18.2 Å². The van der Waals surface area contributed by atoms with Crippen LogP contribution in [0.5, 0.6) is 0 Å². The topological polar surface area (TPSA) is 75.6 Å². The molecule has 1 aliphatic heterocycles. The van der Waals surface area contributed by atoms with E-state index in [9.17, 15) is 8.42 Å². The Hall–Kier alpha value is -0.950. The van der Waals surface area contributed by atoms with Gasteiger partial charge in [0, 0.05) is 12.6 Å². The quantitative estimate of drug-likeness (QED) is 0.810. The number of rotatable bonds is 4. The Balaban J connectivity index is 2.24. The second kappa shape index (κ2) is 5.14. The molecule has 1 fully saturated rings. The van der Waals surface area contributed by atoms with E-state index in [4.69, 9.17) is 9.84 Å². The summed E-state index contributed by atoms with van der Waals surface area (Å²) in [5.41, 5.74) is 0.402. The van der Waals surface area contributed by atoms with Crippen LogP contribution in [-0.4, -0.2) is 32.8 Å². The van der Waals surface area contributed by atoms with Crippen LogP contribution in [-0.2, 0) is 21.4 Å². The number of ether oxygens (including phenoxy) is 1. The molecule has 5 nitrogen and oxygen atoms in total. The fraction of sp³-hybridized carbons (Fsp3) is 0.455. The van der Waals surface area contributed by atoms with Crippen molar-refractivity contribution in [1.29, 1.82) is 0 Å². The van der Waals surface area contributed by atoms with E-state index in [0.717, 1.165) is 0 Å². The van der Waals surface area contributed by atoms with Crippen LogP contribution in [0.3, 0.4) is 0 Å². The first-order chi connectivity index (χ1) is 8.13. The molecule has 0 spiro atoms. The molecule has 1 aliphatic rings. The van der Waals surface area contributed by atoms with Gasteiger partial charge in [-0.05, 0) is 18.1 Å². The van der Waals surface area contributed by atoms with Crippen molar-refractivity contribution < 1.29 is 18.3 Å². The van der Waals surface area contributed by atoms with E-state index in [0.29, 0.717) is 25.2 Å². The molecule has 1 saturated heterocycles. The first kappa shape index (κ1) is 12.5. The van der Waals surface area contributed by atoms with Gasteiger partial charge < -0.3 is 9.84 Å². The summed E-state index contributed by atoms with van der Waals surface area (Å²) in [5, 5.41) is 9.13. The zero-order valence-corrected chi connectivity index (χ0v) is 10.1. The first-order valence-corrected chi connectivity index (χ1v) is 6.90. The molecule has 0 radical (unpaired) electrons. The Labute approximate surface area is 100 Å². The highest BCUT2D eigenvalue weighted by atomic mass is 32.2. The summed E-state index contributed by atoms with van der Waals surface area (Å²) in [6.45, 7) is 0.688. The van der Waals surface area contributed by atoms with Crippen molar-refractivity contribution in [1.82, 2.24) is 4.72 Å². The van der Waals surface area contributed by atoms with E-state index < -0.39 is 10.0 Å². The van der Waals surface area contributed by atoms with Crippen molar-refractivity contribution >= 4 is 10.0 Å². The van der Waals surface area contributed by atoms with Gasteiger partial charge >= 0.3 is 0 Å². The summed E-state index contributed by atoms with van der Waals surface area (Å²) in [6, 6.07) is 6.25. The van der Waals surface area contributed by atoms with Crippen LogP contribution in [0.1, 0.15) is 12.0 Å². The van der Waals surface area contributed by atoms with E-state index in [1.807, 2.05) is 0 Å². The molecule has 94 valence electrons. The summed E-state index contributed by atoms with van der Waals surface area (Å²) in [7, 11) is -3.58. The lowest BCUT2D eigenvalue weighted by Crippen LogP contribution is -2.35. The van der Waals surface area contributed by atoms with E-state index in [2.05, 4.69) is 4.72 Å². The van der Waals surface area contributed by atoms with Crippen LogP contribution >= 0.6 is 0 Å². The molecule has 0 amide bonds. The number of hydrogen-bond donors (Lipinski definition) is 2. The molecule has 1 unspecified atom stereocenters. The number of aliphatic hydroxyl groups is 1. The molecular formula is C11H15NO4S. The summed E-state index contributed by atoms with van der Waals surface area (Å²) < 4.78 is 31.9. The first-order valence-electron chi connectivity index (χ1n) is 5.42. The molecule has 2 N–H and O–H groups in total. The van der Waals surface area contributed by atoms with E-state index in [-0.39, 0.29) is 17.5 Å². The van der Waals surface area contributed by atoms with Crippen molar-refractivity contribution in [2.75, 3.05) is 13.2 Å². The van der Waals surface area contributed by atoms with Gasteiger partial charge in [0.15, 0.2) is 0 Å². The molecule has 0 aliphatic carbocycles. The highest BCUT2D eigenvalue weighted by Crippen LogP contribution is 2.17. The average molecular weight is 257 g/mol. The Morgan fingerprint density at radius 3 is 2.82 bits per heavy atom. The van der Waals surface area contributed by atoms with Gasteiger partial charge in [-0.25, -0.2) is 13.1 Å². The van der Waals surface area contributed by atoms with Crippen LogP contribution in [0.4, 0.5) is 0 Å². The van der Waals surface area contributed by atoms with Gasteiger partial charge in [-0.3, -0.25) is 0 Å². The van der Waals surface area contributed by atoms with Gasteiger partial charge in [-0.2, -0.15) is 0 Å². The van der Waals surface area contributed by atoms with E-state index in [1.54, 1.807) is 18.2 Å². The standard InChI is InChI=1S/C11H15NO4S/c13-7-9-3-1-2-4-11(9)17(14,15)12-10-5-6-16-8-10/h1-4,10,12-13H,5-8H2. The van der Waals surface area contributed by atoms with Crippen molar-refractivity contribution in [3.05, 3.63) is 29.8 Å². The van der Waals surface area contributed by atoms with Crippen molar-refractivity contribution in [2.24, 2.45) is 0 Å². The van der Waals surface area contributed by atoms with Crippen LogP contribution in [0.25, 0.3) is 0 Å². The van der Waals surface area contributed by atoms with Gasteiger partial charge in [-0.15, -0.1) is 0 Å². The van der Waals surface area contributed by atoms with Crippen LogP contribution < -0.4 is 4.72 Å². The minimum atomic E-state index is -3.58. The third-order valence-electron chi connectivity index (χ3n) is 2.68. The highest BCUT2D eigenvalue weighted by Gasteiger charge is 2.24. The second-order valence-corrected chi connectivity index (χ2v) is 5.63. The number of nitrogens with one attached hydrogen (secondary N) is 1. The predicted molar refractivity (Wildman–Crippen MR) is 61.9 cm³/mol. The average Bonchev–Trinajstić information content (AvgIpc) is 2.81. The maximum atomic E-state index is 12.1. The summed E-state index contributed by atoms with van der Waals surface area (Å²) >= 11 is 0. The fourth-order valence-electron chi connectivity index (χ4n) is 1.81. The molecule has 0 saturated carbocycles. The van der Waals surface area contributed by atoms with Crippen molar-refractivity contribution in [3.8, 4) is 0 Å². The monoisotopic (exact) mass is 257 g/mol. The zero-order valence-electron chi connectivity index (χ0n) is 9.30.